The van der Waals surface area contributed by atoms with E-state index in [9.17, 15) is 19.2 Å². The summed E-state index contributed by atoms with van der Waals surface area (Å²) in [4.78, 5) is 102. The minimum Gasteiger partial charge on any atom is -0.395 e. The highest BCUT2D eigenvalue weighted by atomic mass is 16.3. The van der Waals surface area contributed by atoms with Crippen LogP contribution in [0, 0.1) is 27.7 Å². The molecular formula is C89H93N21O6. The number of rotatable bonds is 12. The predicted octanol–water partition coefficient (Wildman–Crippen LogP) is 10.5. The SMILES string of the molecule is Cc1cn2cc(-c3cc(=O)n4cc(C5=CCN(CCO)CC5)ccc4n3)ccc2n1.Cc1cn2cc(-c3cc(=O)n4cc(C5CCN(C)CC5)ccc4n3)ccc2n1.Cc1cn2cc(-c3cc(=O)n4cc(C5CCN(C)CC5)ncc4n3)ccc2n1.Cc1cn2cc(-c3cc(=O)n4cc(C5CCN(CCO)CC5)ccc4n3)ccc2n1. The Morgan fingerprint density at radius 1 is 0.345 bits per heavy atom. The van der Waals surface area contributed by atoms with E-state index in [1.54, 1.807) is 48.1 Å². The third-order valence-corrected chi connectivity index (χ3v) is 22.9. The minimum absolute atomic E-state index is 0.0447. The fourth-order valence-corrected chi connectivity index (χ4v) is 16.5. The number of likely N-dealkylation sites (tertiary alicyclic amines) is 3. The number of aliphatic hydroxyl groups is 2. The van der Waals surface area contributed by atoms with E-state index >= 15 is 0 Å². The second-order valence-electron chi connectivity index (χ2n) is 31.2. The summed E-state index contributed by atoms with van der Waals surface area (Å²) >= 11 is 0. The zero-order valence-corrected chi connectivity index (χ0v) is 66.1. The molecule has 20 rings (SSSR count). The van der Waals surface area contributed by atoms with Gasteiger partial charge in [-0.25, -0.2) is 39.9 Å². The number of imidazole rings is 4. The molecule has 0 unspecified atom stereocenters. The fraction of sp³-hybridized carbons (Fsp3) is 0.315. The Morgan fingerprint density at radius 2 is 0.690 bits per heavy atom. The van der Waals surface area contributed by atoms with Crippen LogP contribution in [0.3, 0.4) is 0 Å². The van der Waals surface area contributed by atoms with Crippen molar-refractivity contribution in [3.05, 3.63) is 282 Å². The Labute approximate surface area is 667 Å². The van der Waals surface area contributed by atoms with Crippen molar-refractivity contribution >= 4 is 50.8 Å². The summed E-state index contributed by atoms with van der Waals surface area (Å²) in [5.74, 6) is 1.35. The average molecular weight is 1550 g/mol. The molecule has 0 radical (unpaired) electrons. The van der Waals surface area contributed by atoms with Crippen LogP contribution in [-0.4, -0.2) is 203 Å². The topological polar surface area (TPSA) is 273 Å². The van der Waals surface area contributed by atoms with Gasteiger partial charge in [0.1, 0.15) is 39.5 Å². The highest BCUT2D eigenvalue weighted by molar-refractivity contribution is 5.70. The zero-order valence-electron chi connectivity index (χ0n) is 66.1. The highest BCUT2D eigenvalue weighted by Gasteiger charge is 2.25. The number of hydrogen-bond donors (Lipinski definition) is 2. The third-order valence-electron chi connectivity index (χ3n) is 22.9. The van der Waals surface area contributed by atoms with Gasteiger partial charge in [-0.1, -0.05) is 18.2 Å². The molecule has 0 amide bonds. The zero-order chi connectivity index (χ0) is 79.8. The first kappa shape index (κ1) is 76.3. The Bertz CT molecular complexity index is 6470. The van der Waals surface area contributed by atoms with Crippen LogP contribution in [0.1, 0.15) is 108 Å². The van der Waals surface area contributed by atoms with Crippen LogP contribution in [0.5, 0.6) is 0 Å². The molecule has 0 saturated carbocycles. The molecule has 4 aliphatic rings. The number of nitrogens with zero attached hydrogens (tertiary/aromatic N) is 21. The van der Waals surface area contributed by atoms with Gasteiger partial charge in [0.15, 0.2) is 5.65 Å². The second kappa shape index (κ2) is 32.9. The normalized spacial score (nSPS) is 15.8. The number of aryl methyl sites for hydroxylation is 4. The minimum atomic E-state index is -0.0999. The maximum atomic E-state index is 12.9. The van der Waals surface area contributed by atoms with Gasteiger partial charge in [0.25, 0.3) is 22.2 Å². The molecule has 590 valence electrons. The molecule has 20 heterocycles. The van der Waals surface area contributed by atoms with Crippen molar-refractivity contribution in [1.82, 2.24) is 99.7 Å². The standard InChI is InChI=1S/C23H25N5O2.C23H23N5O2.C22H23N5O.C21H22N6O/c2*1-16-13-27-14-19(3-4-21(27)24-16)20-12-23(30)28-15-18(2-5-22(28)25-20)17-6-8-26(9-7-17)10-11-29;1-15-12-26-13-18(4-5-20(26)23-15)19-11-22(28)27-14-17(3-6-21(27)24-19)16-7-9-25(2)10-8-16;1-14-11-26-12-16(3-4-19(26)23-14)17-9-21(28)27-13-18(22-10-20(27)24-17)15-5-7-25(2)8-6-15/h2-5,12-15,17,29H,6-11H2,1H3;2-6,12-15,29H,7-11H2,1H3;3-6,11-14,16H,7-10H2,1-2H3;3-4,9-13,15H,5-8H2,1-2H3. The molecule has 3 saturated heterocycles. The molecule has 27 heteroatoms. The summed E-state index contributed by atoms with van der Waals surface area (Å²) in [7, 11) is 4.30. The number of pyridine rings is 7. The summed E-state index contributed by atoms with van der Waals surface area (Å²) in [5.41, 5.74) is 21.4. The molecule has 27 nitrogen and oxygen atoms in total. The van der Waals surface area contributed by atoms with Gasteiger partial charge in [-0.2, -0.15) is 0 Å². The van der Waals surface area contributed by atoms with E-state index in [1.807, 2.05) is 192 Å². The first-order valence-corrected chi connectivity index (χ1v) is 39.9. The quantitative estimate of drug-likeness (QED) is 0.115. The van der Waals surface area contributed by atoms with Crippen LogP contribution in [0.25, 0.3) is 95.8 Å². The van der Waals surface area contributed by atoms with Gasteiger partial charge >= 0.3 is 0 Å². The number of aromatic nitrogens is 17. The van der Waals surface area contributed by atoms with Gasteiger partial charge in [-0.15, -0.1) is 0 Å². The van der Waals surface area contributed by atoms with Crippen molar-refractivity contribution in [2.24, 2.45) is 0 Å². The van der Waals surface area contributed by atoms with Crippen LogP contribution in [0.4, 0.5) is 0 Å². The molecule has 0 bridgehead atoms. The van der Waals surface area contributed by atoms with Crippen molar-refractivity contribution in [2.75, 3.05) is 92.8 Å². The van der Waals surface area contributed by atoms with E-state index in [4.69, 9.17) is 25.2 Å². The lowest BCUT2D eigenvalue weighted by Gasteiger charge is -2.31. The van der Waals surface area contributed by atoms with Crippen molar-refractivity contribution in [3.63, 3.8) is 0 Å². The molecule has 116 heavy (non-hydrogen) atoms. The molecule has 0 aromatic carbocycles. The smallest absolute Gasteiger partial charge is 0.258 e. The monoisotopic (exact) mass is 1550 g/mol. The molecule has 0 spiro atoms. The predicted molar refractivity (Wildman–Crippen MR) is 450 cm³/mol. The van der Waals surface area contributed by atoms with Crippen LogP contribution < -0.4 is 22.2 Å². The maximum Gasteiger partial charge on any atom is 0.258 e. The molecule has 4 aliphatic heterocycles. The molecule has 16 aromatic heterocycles. The second-order valence-corrected chi connectivity index (χ2v) is 31.2. The molecule has 0 aliphatic carbocycles. The Morgan fingerprint density at radius 3 is 1.09 bits per heavy atom. The number of fused-ring (bicyclic) bond motifs is 8. The summed E-state index contributed by atoms with van der Waals surface area (Å²) in [6, 6.07) is 34.1. The summed E-state index contributed by atoms with van der Waals surface area (Å²) in [6.45, 7) is 17.7. The molecule has 2 N–H and O–H groups in total. The molecule has 16 aromatic rings. The number of hydrogen-bond acceptors (Lipinski definition) is 19. The van der Waals surface area contributed by atoms with Gasteiger partial charge in [-0.3, -0.25) is 46.7 Å². The van der Waals surface area contributed by atoms with E-state index in [0.29, 0.717) is 69.7 Å². The summed E-state index contributed by atoms with van der Waals surface area (Å²) in [6.07, 6.45) is 34.6. The van der Waals surface area contributed by atoms with Crippen molar-refractivity contribution in [3.8, 4) is 45.0 Å². The van der Waals surface area contributed by atoms with Crippen LogP contribution in [-0.2, 0) is 0 Å². The van der Waals surface area contributed by atoms with Crippen molar-refractivity contribution in [2.45, 2.75) is 90.4 Å². The van der Waals surface area contributed by atoms with E-state index in [0.717, 1.165) is 183 Å². The van der Waals surface area contributed by atoms with Crippen molar-refractivity contribution in [1.29, 1.82) is 0 Å². The van der Waals surface area contributed by atoms with Crippen LogP contribution in [0.15, 0.2) is 215 Å². The van der Waals surface area contributed by atoms with Crippen LogP contribution in [0.2, 0.25) is 0 Å². The Balaban J connectivity index is 0.000000111. The molecule has 3 fully saturated rings. The van der Waals surface area contributed by atoms with Gasteiger partial charge in [0, 0.05) is 153 Å². The average Bonchev–Trinajstić information content (AvgIpc) is 1.38. The Kier molecular flexibility index (Phi) is 21.6. The van der Waals surface area contributed by atoms with Crippen LogP contribution >= 0.6 is 0 Å². The number of β-amino-alcohol motifs (C(OH)–C–C–N with tert-alkyl or cyclic N) is 2. The lowest BCUT2D eigenvalue weighted by Crippen LogP contribution is -2.35. The van der Waals surface area contributed by atoms with Gasteiger partial charge in [0.2, 0.25) is 0 Å². The van der Waals surface area contributed by atoms with E-state index in [1.165, 1.54) is 16.7 Å². The molecular weight excluding hydrogens is 1460 g/mol. The molecule has 0 atom stereocenters. The van der Waals surface area contributed by atoms with Gasteiger partial charge in [-0.05, 0) is 233 Å². The fourth-order valence-electron chi connectivity index (χ4n) is 16.5. The van der Waals surface area contributed by atoms with E-state index in [-0.39, 0.29) is 35.5 Å². The maximum absolute atomic E-state index is 12.9. The third kappa shape index (κ3) is 16.5. The Hall–Kier alpha value is -12.4. The lowest BCUT2D eigenvalue weighted by molar-refractivity contribution is 0.164. The number of aliphatic hydroxyl groups excluding tert-OH is 2. The van der Waals surface area contributed by atoms with E-state index < -0.39 is 0 Å². The van der Waals surface area contributed by atoms with E-state index in [2.05, 4.69) is 81.8 Å². The number of piperidine rings is 3. The summed E-state index contributed by atoms with van der Waals surface area (Å²) in [5, 5.41) is 18.2. The van der Waals surface area contributed by atoms with Gasteiger partial charge < -0.3 is 42.5 Å². The highest BCUT2D eigenvalue weighted by Crippen LogP contribution is 2.32. The van der Waals surface area contributed by atoms with Crippen molar-refractivity contribution < 1.29 is 10.2 Å². The first-order chi connectivity index (χ1) is 56.3. The largest absolute Gasteiger partial charge is 0.395 e. The summed E-state index contributed by atoms with van der Waals surface area (Å²) < 4.78 is 14.4. The lowest BCUT2D eigenvalue weighted by atomic mass is 9.90. The first-order valence-electron chi connectivity index (χ1n) is 39.9. The van der Waals surface area contributed by atoms with Gasteiger partial charge in [0.05, 0.1) is 70.7 Å².